The maximum atomic E-state index is 9.18. The van der Waals surface area contributed by atoms with E-state index >= 15 is 0 Å². The summed E-state index contributed by atoms with van der Waals surface area (Å²) in [5.74, 6) is 0. The number of nitrogens with zero attached hydrogens (tertiary/aromatic N) is 3. The van der Waals surface area contributed by atoms with Crippen molar-refractivity contribution in [2.24, 2.45) is 0 Å². The third-order valence-electron chi connectivity index (χ3n) is 5.34. The zero-order chi connectivity index (χ0) is 19.3. The molecule has 0 saturated carbocycles. The summed E-state index contributed by atoms with van der Waals surface area (Å²) in [6, 6.07) is 14.9. The molecule has 2 aromatic carbocycles. The Hall–Kier alpha value is -3.02. The Bertz CT molecular complexity index is 1290. The van der Waals surface area contributed by atoms with Crippen molar-refractivity contribution in [3.8, 4) is 11.4 Å². The van der Waals surface area contributed by atoms with Gasteiger partial charge in [-0.2, -0.15) is 0 Å². The zero-order valence-electron chi connectivity index (χ0n) is 16.0. The highest BCUT2D eigenvalue weighted by atomic mass is 16.3. The normalized spacial score (nSPS) is 12.1. The van der Waals surface area contributed by atoms with Crippen LogP contribution >= 0.6 is 0 Å². The molecule has 0 amide bonds. The fraction of sp³-hybridized carbons (Fsp3) is 0.217. The Labute approximate surface area is 163 Å². The van der Waals surface area contributed by atoms with Gasteiger partial charge in [-0.25, -0.2) is 4.98 Å². The number of benzene rings is 2. The van der Waals surface area contributed by atoms with E-state index in [1.54, 1.807) is 0 Å². The van der Waals surface area contributed by atoms with Gasteiger partial charge in [0.1, 0.15) is 5.65 Å². The topological polar surface area (TPSA) is 65.0 Å². The molecule has 3 heterocycles. The van der Waals surface area contributed by atoms with Gasteiger partial charge < -0.3 is 10.1 Å². The molecule has 2 N–H and O–H groups in total. The Morgan fingerprint density at radius 1 is 1.00 bits per heavy atom. The number of H-pyrrole nitrogens is 1. The number of aliphatic hydroxyl groups is 1. The third-order valence-corrected chi connectivity index (χ3v) is 5.34. The van der Waals surface area contributed by atoms with Crippen molar-refractivity contribution in [2.45, 2.75) is 13.5 Å². The number of aliphatic hydroxyl groups excluding tert-OH is 1. The van der Waals surface area contributed by atoms with Gasteiger partial charge in [0.2, 0.25) is 0 Å². The maximum Gasteiger partial charge on any atom is 0.139 e. The first-order valence-electron chi connectivity index (χ1n) is 9.52. The SMILES string of the molecule is Cc1cccc(-c2cc3c4cc(CN(C)CCO)cc(c4)c4c[nH]c(n2)c43)n1. The quantitative estimate of drug-likeness (QED) is 0.489. The number of pyridine rings is 2. The van der Waals surface area contributed by atoms with Crippen LogP contribution in [0.1, 0.15) is 11.3 Å². The number of hydrogen-bond acceptors (Lipinski definition) is 4. The standard InChI is InChI=1S/C23H22N4O/c1-14-4-3-5-20(25-14)21-11-18-16-8-15(13-27(2)6-7-28)9-17(10-16)19-12-24-23(26-21)22(18)19/h3-5,8-12,28H,6-7,13H2,1-2H3,(H,24,26). The van der Waals surface area contributed by atoms with E-state index in [2.05, 4.69) is 39.1 Å². The predicted octanol–water partition coefficient (Wildman–Crippen LogP) is 4.10. The number of aryl methyl sites for hydroxylation is 1. The summed E-state index contributed by atoms with van der Waals surface area (Å²) in [5.41, 5.74) is 4.90. The highest BCUT2D eigenvalue weighted by molar-refractivity contribution is 6.21. The van der Waals surface area contributed by atoms with Crippen molar-refractivity contribution < 1.29 is 5.11 Å². The molecule has 0 fully saturated rings. The van der Waals surface area contributed by atoms with Crippen molar-refractivity contribution in [3.63, 3.8) is 0 Å². The van der Waals surface area contributed by atoms with Crippen LogP contribution in [-0.2, 0) is 6.54 Å². The molecule has 0 radical (unpaired) electrons. The summed E-state index contributed by atoms with van der Waals surface area (Å²) in [7, 11) is 2.03. The molecule has 0 aliphatic heterocycles. The van der Waals surface area contributed by atoms with Crippen molar-refractivity contribution in [1.29, 1.82) is 0 Å². The van der Waals surface area contributed by atoms with Crippen LogP contribution < -0.4 is 0 Å². The van der Waals surface area contributed by atoms with E-state index in [4.69, 9.17) is 4.98 Å². The predicted molar refractivity (Wildman–Crippen MR) is 114 cm³/mol. The number of rotatable bonds is 5. The molecule has 0 saturated heterocycles. The Morgan fingerprint density at radius 2 is 1.82 bits per heavy atom. The van der Waals surface area contributed by atoms with Gasteiger partial charge in [-0.15, -0.1) is 0 Å². The van der Waals surface area contributed by atoms with E-state index in [1.165, 1.54) is 32.5 Å². The lowest BCUT2D eigenvalue weighted by Gasteiger charge is -2.16. The van der Waals surface area contributed by atoms with Gasteiger partial charge in [0.15, 0.2) is 0 Å². The number of aromatic amines is 1. The first kappa shape index (κ1) is 17.1. The number of hydrogen-bond donors (Lipinski definition) is 2. The third kappa shape index (κ3) is 2.80. The molecule has 0 unspecified atom stereocenters. The smallest absolute Gasteiger partial charge is 0.139 e. The van der Waals surface area contributed by atoms with Crippen molar-refractivity contribution in [1.82, 2.24) is 19.9 Å². The van der Waals surface area contributed by atoms with Crippen molar-refractivity contribution in [3.05, 3.63) is 59.9 Å². The lowest BCUT2D eigenvalue weighted by molar-refractivity contribution is 0.217. The van der Waals surface area contributed by atoms with Crippen LogP contribution in [0.4, 0.5) is 0 Å². The summed E-state index contributed by atoms with van der Waals surface area (Å²) in [6.45, 7) is 3.64. The van der Waals surface area contributed by atoms with Crippen LogP contribution in [0.25, 0.3) is 44.0 Å². The van der Waals surface area contributed by atoms with Gasteiger partial charge >= 0.3 is 0 Å². The van der Waals surface area contributed by atoms with E-state index in [9.17, 15) is 5.11 Å². The fourth-order valence-corrected chi connectivity index (χ4v) is 4.06. The molecule has 28 heavy (non-hydrogen) atoms. The second kappa shape index (κ2) is 6.55. The van der Waals surface area contributed by atoms with Crippen LogP contribution in [-0.4, -0.2) is 45.2 Å². The van der Waals surface area contributed by atoms with Gasteiger partial charge in [-0.05, 0) is 72.1 Å². The van der Waals surface area contributed by atoms with E-state index in [1.807, 2.05) is 38.4 Å². The van der Waals surface area contributed by atoms with E-state index in [0.717, 1.165) is 29.3 Å². The molecule has 5 rings (SSSR count). The van der Waals surface area contributed by atoms with Gasteiger partial charge in [0.25, 0.3) is 0 Å². The maximum absolute atomic E-state index is 9.18. The van der Waals surface area contributed by atoms with Crippen molar-refractivity contribution in [2.75, 3.05) is 20.2 Å². The minimum absolute atomic E-state index is 0.169. The lowest BCUT2D eigenvalue weighted by Crippen LogP contribution is -2.21. The van der Waals surface area contributed by atoms with Gasteiger partial charge in [-0.1, -0.05) is 6.07 Å². The minimum Gasteiger partial charge on any atom is -0.395 e. The summed E-state index contributed by atoms with van der Waals surface area (Å²) >= 11 is 0. The van der Waals surface area contributed by atoms with E-state index in [0.29, 0.717) is 6.54 Å². The molecule has 5 nitrogen and oxygen atoms in total. The molecule has 0 aliphatic carbocycles. The molecular formula is C23H22N4O. The van der Waals surface area contributed by atoms with Crippen LogP contribution in [0.2, 0.25) is 0 Å². The highest BCUT2D eigenvalue weighted by Crippen LogP contribution is 2.36. The summed E-state index contributed by atoms with van der Waals surface area (Å²) in [4.78, 5) is 15.0. The van der Waals surface area contributed by atoms with E-state index < -0.39 is 0 Å². The molecule has 140 valence electrons. The zero-order valence-corrected chi connectivity index (χ0v) is 16.0. The van der Waals surface area contributed by atoms with Gasteiger partial charge in [0.05, 0.1) is 18.0 Å². The Morgan fingerprint density at radius 3 is 2.61 bits per heavy atom. The van der Waals surface area contributed by atoms with E-state index in [-0.39, 0.29) is 6.61 Å². The minimum atomic E-state index is 0.169. The van der Waals surface area contributed by atoms with Gasteiger partial charge in [-0.3, -0.25) is 9.88 Å². The van der Waals surface area contributed by atoms with Crippen LogP contribution in [0.3, 0.4) is 0 Å². The second-order valence-corrected chi connectivity index (χ2v) is 7.53. The molecule has 5 heteroatoms. The van der Waals surface area contributed by atoms with Crippen molar-refractivity contribution >= 4 is 32.6 Å². The summed E-state index contributed by atoms with van der Waals surface area (Å²) in [5, 5.41) is 15.2. The molecule has 0 aliphatic rings. The number of aromatic nitrogens is 3. The molecule has 5 aromatic rings. The highest BCUT2D eigenvalue weighted by Gasteiger charge is 2.15. The molecular weight excluding hydrogens is 348 g/mol. The fourth-order valence-electron chi connectivity index (χ4n) is 4.06. The number of fused-ring (bicyclic) bond motifs is 4. The molecule has 2 bridgehead atoms. The monoisotopic (exact) mass is 370 g/mol. The molecule has 3 aromatic heterocycles. The number of likely N-dealkylation sites (N-methyl/N-ethyl adjacent to an activating group) is 1. The Balaban J connectivity index is 1.73. The first-order valence-corrected chi connectivity index (χ1v) is 9.52. The van der Waals surface area contributed by atoms with Gasteiger partial charge in [0, 0.05) is 35.8 Å². The Kier molecular flexibility index (Phi) is 4.00. The largest absolute Gasteiger partial charge is 0.395 e. The summed E-state index contributed by atoms with van der Waals surface area (Å²) < 4.78 is 0. The number of nitrogens with one attached hydrogen (secondary N) is 1. The molecule has 0 spiro atoms. The average Bonchev–Trinajstić information content (AvgIpc) is 3.11. The van der Waals surface area contributed by atoms with Crippen LogP contribution in [0.15, 0.2) is 48.7 Å². The van der Waals surface area contributed by atoms with Crippen LogP contribution in [0.5, 0.6) is 0 Å². The summed E-state index contributed by atoms with van der Waals surface area (Å²) in [6.07, 6.45) is 2.05. The lowest BCUT2D eigenvalue weighted by atomic mass is 9.97. The van der Waals surface area contributed by atoms with Crippen LogP contribution in [0, 0.1) is 6.92 Å². The first-order chi connectivity index (χ1) is 13.6. The second-order valence-electron chi connectivity index (χ2n) is 7.53. The average molecular weight is 370 g/mol. The molecule has 0 atom stereocenters.